The number of rotatable bonds is 5. The average molecular weight is 403 g/mol. The lowest BCUT2D eigenvalue weighted by molar-refractivity contribution is 0.0943. The topological polar surface area (TPSA) is 66.0 Å². The van der Waals surface area contributed by atoms with E-state index in [1.807, 2.05) is 49.4 Å². The fraction of sp³-hybridized carbons (Fsp3) is 0.167. The molecule has 3 rings (SSSR count). The van der Waals surface area contributed by atoms with Gasteiger partial charge in [0, 0.05) is 17.9 Å². The Labute approximate surface area is 165 Å². The van der Waals surface area contributed by atoms with Crippen molar-refractivity contribution in [3.8, 4) is 0 Å². The highest BCUT2D eigenvalue weighted by molar-refractivity contribution is 8.00. The highest BCUT2D eigenvalue weighted by atomic mass is 32.2. The summed E-state index contributed by atoms with van der Waals surface area (Å²) in [6.45, 7) is 2.63. The van der Waals surface area contributed by atoms with Gasteiger partial charge in [0.2, 0.25) is 0 Å². The van der Waals surface area contributed by atoms with E-state index in [0.717, 1.165) is 21.2 Å². The van der Waals surface area contributed by atoms with Crippen molar-refractivity contribution in [3.05, 3.63) is 59.7 Å². The van der Waals surface area contributed by atoms with Crippen molar-refractivity contribution in [1.29, 1.82) is 0 Å². The number of nitrogens with zero attached hydrogens (tertiary/aromatic N) is 1. The van der Waals surface area contributed by atoms with Crippen LogP contribution in [-0.2, 0) is 5.75 Å². The molecule has 0 saturated carbocycles. The number of amides is 1. The van der Waals surface area contributed by atoms with Crippen molar-refractivity contribution >= 4 is 56.6 Å². The van der Waals surface area contributed by atoms with Crippen LogP contribution >= 0.6 is 35.3 Å². The summed E-state index contributed by atoms with van der Waals surface area (Å²) in [5.41, 5.74) is 7.99. The largest absolute Gasteiger partial charge is 0.362 e. The number of carbonyl (C=O) groups is 1. The molecule has 1 heterocycles. The molecule has 26 heavy (non-hydrogen) atoms. The minimum atomic E-state index is -0.226. The smallest absolute Gasteiger partial charge is 0.269 e. The second-order valence-corrected chi connectivity index (χ2v) is 8.03. The van der Waals surface area contributed by atoms with Gasteiger partial charge in [-0.25, -0.2) is 4.98 Å². The highest BCUT2D eigenvalue weighted by Crippen LogP contribution is 2.31. The highest BCUT2D eigenvalue weighted by Gasteiger charge is 2.07. The molecule has 1 amide bonds. The molecule has 3 N–H and O–H groups in total. The van der Waals surface area contributed by atoms with Gasteiger partial charge in [-0.15, -0.1) is 11.3 Å². The van der Waals surface area contributed by atoms with Gasteiger partial charge >= 0.3 is 0 Å². The molecule has 0 spiro atoms. The molecule has 0 saturated heterocycles. The van der Waals surface area contributed by atoms with E-state index in [4.69, 9.17) is 12.2 Å². The fourth-order valence-corrected chi connectivity index (χ4v) is 4.42. The van der Waals surface area contributed by atoms with Gasteiger partial charge < -0.3 is 5.32 Å². The molecule has 0 radical (unpaired) electrons. The van der Waals surface area contributed by atoms with Gasteiger partial charge in [-0.05, 0) is 49.0 Å². The summed E-state index contributed by atoms with van der Waals surface area (Å²) in [6.07, 6.45) is 0. The molecule has 1 aromatic heterocycles. The number of fused-ring (bicyclic) bond motifs is 1. The monoisotopic (exact) mass is 402 g/mol. The summed E-state index contributed by atoms with van der Waals surface area (Å²) >= 11 is 8.40. The molecular formula is C18H18N4OS3. The predicted molar refractivity (Wildman–Crippen MR) is 112 cm³/mol. The van der Waals surface area contributed by atoms with E-state index < -0.39 is 0 Å². The molecule has 2 aromatic carbocycles. The van der Waals surface area contributed by atoms with E-state index in [-0.39, 0.29) is 5.91 Å². The normalized spacial score (nSPS) is 10.5. The summed E-state index contributed by atoms with van der Waals surface area (Å²) in [7, 11) is 0. The molecule has 134 valence electrons. The third-order valence-corrected chi connectivity index (χ3v) is 5.98. The van der Waals surface area contributed by atoms with Gasteiger partial charge in [-0.3, -0.25) is 15.6 Å². The second-order valence-electron chi connectivity index (χ2n) is 5.37. The molecule has 0 aliphatic rings. The molecule has 0 fully saturated rings. The minimum absolute atomic E-state index is 0.226. The standard InChI is InChI=1S/C18H18N4OS3/c1-2-19-17(24)22-21-16(23)13-9-7-12(8-10-13)11-25-18-20-14-5-3-4-6-15(14)26-18/h3-10H,2,11H2,1H3,(H,21,23)(H2,19,22,24). The number of nitrogens with one attached hydrogen (secondary N) is 3. The van der Waals surface area contributed by atoms with Crippen molar-refractivity contribution in [2.45, 2.75) is 17.0 Å². The predicted octanol–water partition coefficient (Wildman–Crippen LogP) is 3.72. The molecule has 8 heteroatoms. The van der Waals surface area contributed by atoms with Crippen LogP contribution in [-0.4, -0.2) is 22.5 Å². The fourth-order valence-electron chi connectivity index (χ4n) is 2.20. The van der Waals surface area contributed by atoms with Crippen LogP contribution in [0.5, 0.6) is 0 Å². The van der Waals surface area contributed by atoms with Crippen LogP contribution in [0.2, 0.25) is 0 Å². The number of thioether (sulfide) groups is 1. The zero-order valence-corrected chi connectivity index (χ0v) is 16.6. The Kier molecular flexibility index (Phi) is 6.43. The SMILES string of the molecule is CCNC(=S)NNC(=O)c1ccc(CSc2nc3ccccc3s2)cc1. The summed E-state index contributed by atoms with van der Waals surface area (Å²) in [5, 5.41) is 3.29. The number of para-hydroxylation sites is 1. The van der Waals surface area contributed by atoms with Crippen LogP contribution in [0.1, 0.15) is 22.8 Å². The zero-order valence-electron chi connectivity index (χ0n) is 14.1. The first kappa shape index (κ1) is 18.6. The van der Waals surface area contributed by atoms with Crippen molar-refractivity contribution in [3.63, 3.8) is 0 Å². The van der Waals surface area contributed by atoms with E-state index in [1.54, 1.807) is 23.1 Å². The first-order valence-electron chi connectivity index (χ1n) is 8.07. The van der Waals surface area contributed by atoms with Gasteiger partial charge in [0.05, 0.1) is 10.2 Å². The molecular weight excluding hydrogens is 384 g/mol. The van der Waals surface area contributed by atoms with Crippen molar-refractivity contribution in [2.24, 2.45) is 0 Å². The Morgan fingerprint density at radius 2 is 1.92 bits per heavy atom. The van der Waals surface area contributed by atoms with E-state index in [9.17, 15) is 4.79 Å². The van der Waals surface area contributed by atoms with E-state index >= 15 is 0 Å². The van der Waals surface area contributed by atoms with Gasteiger partial charge in [-0.2, -0.15) is 0 Å². The quantitative estimate of drug-likeness (QED) is 0.343. The van der Waals surface area contributed by atoms with Gasteiger partial charge in [0.25, 0.3) is 5.91 Å². The first-order chi connectivity index (χ1) is 12.7. The Hall–Kier alpha value is -2.16. The molecule has 0 bridgehead atoms. The van der Waals surface area contributed by atoms with Crippen molar-refractivity contribution in [2.75, 3.05) is 6.54 Å². The summed E-state index contributed by atoms with van der Waals surface area (Å²) in [6, 6.07) is 15.7. The Morgan fingerprint density at radius 3 is 2.65 bits per heavy atom. The molecule has 0 unspecified atom stereocenters. The summed E-state index contributed by atoms with van der Waals surface area (Å²) in [5.74, 6) is 0.584. The van der Waals surface area contributed by atoms with E-state index in [1.165, 1.54) is 4.70 Å². The number of thiocarbonyl (C=S) groups is 1. The van der Waals surface area contributed by atoms with E-state index in [0.29, 0.717) is 17.2 Å². The first-order valence-corrected chi connectivity index (χ1v) is 10.3. The Morgan fingerprint density at radius 1 is 1.15 bits per heavy atom. The van der Waals surface area contributed by atoms with Crippen LogP contribution in [0.25, 0.3) is 10.2 Å². The summed E-state index contributed by atoms with van der Waals surface area (Å²) in [4.78, 5) is 16.7. The van der Waals surface area contributed by atoms with Crippen LogP contribution < -0.4 is 16.2 Å². The molecule has 0 aliphatic carbocycles. The maximum atomic E-state index is 12.1. The third kappa shape index (κ3) is 4.94. The lowest BCUT2D eigenvalue weighted by Crippen LogP contribution is -2.46. The minimum Gasteiger partial charge on any atom is -0.362 e. The third-order valence-electron chi connectivity index (χ3n) is 3.48. The van der Waals surface area contributed by atoms with Gasteiger partial charge in [0.1, 0.15) is 0 Å². The number of aromatic nitrogens is 1. The van der Waals surface area contributed by atoms with Crippen molar-refractivity contribution in [1.82, 2.24) is 21.2 Å². The van der Waals surface area contributed by atoms with Gasteiger partial charge in [-0.1, -0.05) is 36.0 Å². The number of hydrazine groups is 1. The number of hydrogen-bond acceptors (Lipinski definition) is 5. The lowest BCUT2D eigenvalue weighted by Gasteiger charge is -2.10. The number of thiazole rings is 1. The molecule has 3 aromatic rings. The zero-order chi connectivity index (χ0) is 18.4. The molecule has 5 nitrogen and oxygen atoms in total. The average Bonchev–Trinajstić information content (AvgIpc) is 3.08. The van der Waals surface area contributed by atoms with E-state index in [2.05, 4.69) is 27.2 Å². The van der Waals surface area contributed by atoms with Gasteiger partial charge in [0.15, 0.2) is 9.45 Å². The van der Waals surface area contributed by atoms with Crippen LogP contribution in [0.4, 0.5) is 0 Å². The maximum absolute atomic E-state index is 12.1. The molecule has 0 aliphatic heterocycles. The van der Waals surface area contributed by atoms with Crippen LogP contribution in [0.15, 0.2) is 52.9 Å². The lowest BCUT2D eigenvalue weighted by atomic mass is 10.1. The number of hydrogen-bond donors (Lipinski definition) is 3. The van der Waals surface area contributed by atoms with Crippen LogP contribution in [0.3, 0.4) is 0 Å². The van der Waals surface area contributed by atoms with Crippen LogP contribution in [0, 0.1) is 0 Å². The van der Waals surface area contributed by atoms with Crippen molar-refractivity contribution < 1.29 is 4.79 Å². The Bertz CT molecular complexity index is 875. The number of benzene rings is 2. The Balaban J connectivity index is 1.53. The molecule has 0 atom stereocenters. The summed E-state index contributed by atoms with van der Waals surface area (Å²) < 4.78 is 2.25. The number of carbonyl (C=O) groups excluding carboxylic acids is 1. The second kappa shape index (κ2) is 8.98. The maximum Gasteiger partial charge on any atom is 0.269 e.